The van der Waals surface area contributed by atoms with Gasteiger partial charge in [-0.15, -0.1) is 10.2 Å². The van der Waals surface area contributed by atoms with Gasteiger partial charge in [-0.1, -0.05) is 42.1 Å². The molecule has 0 N–H and O–H groups in total. The van der Waals surface area contributed by atoms with Crippen LogP contribution in [0.15, 0.2) is 35.5 Å². The Balaban J connectivity index is 1.54. The van der Waals surface area contributed by atoms with E-state index >= 15 is 0 Å². The van der Waals surface area contributed by atoms with Crippen LogP contribution in [-0.2, 0) is 17.7 Å². The molecular formula is C17H24N4OS. The quantitative estimate of drug-likeness (QED) is 0.576. The van der Waals surface area contributed by atoms with Gasteiger partial charge in [-0.25, -0.2) is 0 Å². The molecule has 0 radical (unpaired) electrons. The van der Waals surface area contributed by atoms with Crippen molar-refractivity contribution in [3.8, 4) is 0 Å². The molecule has 1 saturated heterocycles. The summed E-state index contributed by atoms with van der Waals surface area (Å²) < 4.78 is 7.64. The number of thioether (sulfide) groups is 1. The van der Waals surface area contributed by atoms with Crippen LogP contribution in [0, 0.1) is 0 Å². The molecule has 0 saturated carbocycles. The van der Waals surface area contributed by atoms with E-state index < -0.39 is 0 Å². The van der Waals surface area contributed by atoms with E-state index in [0.717, 1.165) is 62.5 Å². The molecule has 1 fully saturated rings. The van der Waals surface area contributed by atoms with Crippen molar-refractivity contribution >= 4 is 17.7 Å². The van der Waals surface area contributed by atoms with Gasteiger partial charge in [0, 0.05) is 25.4 Å². The van der Waals surface area contributed by atoms with Crippen molar-refractivity contribution in [1.82, 2.24) is 14.8 Å². The molecular weight excluding hydrogens is 308 g/mol. The minimum Gasteiger partial charge on any atom is -0.378 e. The molecule has 0 spiro atoms. The fourth-order valence-electron chi connectivity index (χ4n) is 2.75. The van der Waals surface area contributed by atoms with Gasteiger partial charge < -0.3 is 9.64 Å². The third kappa shape index (κ3) is 4.26. The fourth-order valence-corrected chi connectivity index (χ4v) is 3.68. The van der Waals surface area contributed by atoms with Crippen molar-refractivity contribution in [2.24, 2.45) is 0 Å². The summed E-state index contributed by atoms with van der Waals surface area (Å²) >= 11 is 1.81. The van der Waals surface area contributed by atoms with E-state index in [0.29, 0.717) is 0 Å². The Kier molecular flexibility index (Phi) is 5.93. The predicted molar refractivity (Wildman–Crippen MR) is 94.2 cm³/mol. The van der Waals surface area contributed by atoms with Gasteiger partial charge in [-0.05, 0) is 25.3 Å². The van der Waals surface area contributed by atoms with Crippen LogP contribution in [0.2, 0.25) is 0 Å². The Morgan fingerprint density at radius 1 is 1.13 bits per heavy atom. The molecule has 6 heteroatoms. The van der Waals surface area contributed by atoms with E-state index in [1.54, 1.807) is 0 Å². The van der Waals surface area contributed by atoms with Crippen LogP contribution in [0.4, 0.5) is 5.95 Å². The van der Waals surface area contributed by atoms with E-state index in [1.807, 2.05) is 11.8 Å². The smallest absolute Gasteiger partial charge is 0.228 e. The zero-order chi connectivity index (χ0) is 15.9. The van der Waals surface area contributed by atoms with Crippen LogP contribution in [-0.4, -0.2) is 46.8 Å². The van der Waals surface area contributed by atoms with Crippen molar-refractivity contribution in [1.29, 1.82) is 0 Å². The normalized spacial score (nSPS) is 15.1. The number of anilines is 1. The maximum atomic E-state index is 5.42. The Labute approximate surface area is 142 Å². The van der Waals surface area contributed by atoms with Crippen LogP contribution in [0.25, 0.3) is 0 Å². The SMILES string of the molecule is CCn1c(SCCCc2ccccc2)nnc1N1CCOCC1. The number of ether oxygens (including phenoxy) is 1. The van der Waals surface area contributed by atoms with E-state index in [9.17, 15) is 0 Å². The third-order valence-electron chi connectivity index (χ3n) is 3.99. The second-order valence-electron chi connectivity index (χ2n) is 5.56. The molecule has 0 unspecified atom stereocenters. The summed E-state index contributed by atoms with van der Waals surface area (Å²) in [5.41, 5.74) is 1.40. The number of nitrogens with zero attached hydrogens (tertiary/aromatic N) is 4. The second kappa shape index (κ2) is 8.36. The lowest BCUT2D eigenvalue weighted by Gasteiger charge is -2.27. The zero-order valence-corrected chi connectivity index (χ0v) is 14.5. The molecule has 0 amide bonds. The number of hydrogen-bond acceptors (Lipinski definition) is 5. The maximum absolute atomic E-state index is 5.42. The van der Waals surface area contributed by atoms with Crippen molar-refractivity contribution < 1.29 is 4.74 Å². The lowest BCUT2D eigenvalue weighted by Crippen LogP contribution is -2.38. The predicted octanol–water partition coefficient (Wildman–Crippen LogP) is 2.86. The summed E-state index contributed by atoms with van der Waals surface area (Å²) in [4.78, 5) is 2.27. The summed E-state index contributed by atoms with van der Waals surface area (Å²) in [6.07, 6.45) is 2.27. The molecule has 0 bridgehead atoms. The number of aryl methyl sites for hydroxylation is 1. The highest BCUT2D eigenvalue weighted by atomic mass is 32.2. The van der Waals surface area contributed by atoms with Gasteiger partial charge in [0.05, 0.1) is 13.2 Å². The number of hydrogen-bond donors (Lipinski definition) is 0. The van der Waals surface area contributed by atoms with Crippen molar-refractivity contribution in [3.05, 3.63) is 35.9 Å². The van der Waals surface area contributed by atoms with E-state index in [-0.39, 0.29) is 0 Å². The van der Waals surface area contributed by atoms with Crippen LogP contribution >= 0.6 is 11.8 Å². The summed E-state index contributed by atoms with van der Waals surface area (Å²) in [5, 5.41) is 9.84. The Bertz CT molecular complexity index is 596. The first-order valence-electron chi connectivity index (χ1n) is 8.31. The summed E-state index contributed by atoms with van der Waals surface area (Å²) in [6, 6.07) is 10.6. The third-order valence-corrected chi connectivity index (χ3v) is 5.04. The van der Waals surface area contributed by atoms with Crippen molar-refractivity contribution in [2.45, 2.75) is 31.5 Å². The van der Waals surface area contributed by atoms with Gasteiger partial charge in [-0.2, -0.15) is 0 Å². The van der Waals surface area contributed by atoms with E-state index in [1.165, 1.54) is 5.56 Å². The van der Waals surface area contributed by atoms with Gasteiger partial charge in [0.1, 0.15) is 0 Å². The first-order chi connectivity index (χ1) is 11.4. The highest BCUT2D eigenvalue weighted by Gasteiger charge is 2.19. The maximum Gasteiger partial charge on any atom is 0.228 e. The topological polar surface area (TPSA) is 43.2 Å². The van der Waals surface area contributed by atoms with E-state index in [4.69, 9.17) is 4.74 Å². The Hall–Kier alpha value is -1.53. The van der Waals surface area contributed by atoms with Crippen LogP contribution in [0.3, 0.4) is 0 Å². The van der Waals surface area contributed by atoms with Crippen molar-refractivity contribution in [3.63, 3.8) is 0 Å². The number of morpholine rings is 1. The lowest BCUT2D eigenvalue weighted by molar-refractivity contribution is 0.121. The monoisotopic (exact) mass is 332 g/mol. The van der Waals surface area contributed by atoms with Gasteiger partial charge >= 0.3 is 0 Å². The molecule has 0 atom stereocenters. The number of benzene rings is 1. The molecule has 23 heavy (non-hydrogen) atoms. The standard InChI is InChI=1S/C17H24N4OS/c1-2-21-16(20-10-12-22-13-11-20)18-19-17(21)23-14-6-9-15-7-4-3-5-8-15/h3-5,7-8H,2,6,9-14H2,1H3. The molecule has 3 rings (SSSR count). The summed E-state index contributed by atoms with van der Waals surface area (Å²) in [5.74, 6) is 2.05. The minimum absolute atomic E-state index is 0.774. The van der Waals surface area contributed by atoms with Gasteiger partial charge in [0.2, 0.25) is 5.95 Å². The Morgan fingerprint density at radius 2 is 1.91 bits per heavy atom. The van der Waals surface area contributed by atoms with E-state index in [2.05, 4.69) is 56.9 Å². The van der Waals surface area contributed by atoms with Gasteiger partial charge in [0.15, 0.2) is 5.16 Å². The first-order valence-corrected chi connectivity index (χ1v) is 9.29. The van der Waals surface area contributed by atoms with Crippen LogP contribution in [0.5, 0.6) is 0 Å². The first kappa shape index (κ1) is 16.3. The molecule has 1 aromatic carbocycles. The molecule has 124 valence electrons. The van der Waals surface area contributed by atoms with Gasteiger partial charge in [0.25, 0.3) is 0 Å². The molecule has 1 aliphatic rings. The summed E-state index contributed by atoms with van der Waals surface area (Å²) in [7, 11) is 0. The molecule has 2 heterocycles. The zero-order valence-electron chi connectivity index (χ0n) is 13.6. The average Bonchev–Trinajstić information content (AvgIpc) is 3.03. The molecule has 2 aromatic rings. The highest BCUT2D eigenvalue weighted by Crippen LogP contribution is 2.23. The number of rotatable bonds is 7. The van der Waals surface area contributed by atoms with Crippen LogP contribution < -0.4 is 4.90 Å². The Morgan fingerprint density at radius 3 is 2.65 bits per heavy atom. The molecule has 0 aliphatic carbocycles. The summed E-state index contributed by atoms with van der Waals surface area (Å²) in [6.45, 7) is 6.40. The van der Waals surface area contributed by atoms with Gasteiger partial charge in [-0.3, -0.25) is 4.57 Å². The average molecular weight is 332 g/mol. The molecule has 1 aromatic heterocycles. The second-order valence-corrected chi connectivity index (χ2v) is 6.63. The lowest BCUT2D eigenvalue weighted by atomic mass is 10.1. The largest absolute Gasteiger partial charge is 0.378 e. The highest BCUT2D eigenvalue weighted by molar-refractivity contribution is 7.99. The fraction of sp³-hybridized carbons (Fsp3) is 0.529. The number of aromatic nitrogens is 3. The molecule has 1 aliphatic heterocycles. The molecule has 5 nitrogen and oxygen atoms in total. The van der Waals surface area contributed by atoms with Crippen LogP contribution in [0.1, 0.15) is 18.9 Å². The van der Waals surface area contributed by atoms with Crippen molar-refractivity contribution in [2.75, 3.05) is 37.0 Å². The minimum atomic E-state index is 0.774.